The van der Waals surface area contributed by atoms with Crippen LogP contribution >= 0.6 is 11.6 Å². The summed E-state index contributed by atoms with van der Waals surface area (Å²) >= 11 is 5.83. The summed E-state index contributed by atoms with van der Waals surface area (Å²) in [5, 5.41) is 10.6. The molecule has 2 heterocycles. The first-order chi connectivity index (χ1) is 11.5. The quantitative estimate of drug-likeness (QED) is 0.528. The van der Waals surface area contributed by atoms with Crippen LogP contribution in [0, 0.1) is 0 Å². The third-order valence-corrected chi connectivity index (χ3v) is 3.54. The minimum atomic E-state index is -0.650. The van der Waals surface area contributed by atoms with Crippen molar-refractivity contribution in [2.45, 2.75) is 13.0 Å². The molecule has 3 rings (SSSR count). The van der Waals surface area contributed by atoms with Crippen LogP contribution in [0.25, 0.3) is 11.5 Å². The molecule has 0 saturated carbocycles. The van der Waals surface area contributed by atoms with Gasteiger partial charge in [-0.25, -0.2) is 4.98 Å². The van der Waals surface area contributed by atoms with Gasteiger partial charge in [0.2, 0.25) is 11.8 Å². The van der Waals surface area contributed by atoms with Crippen molar-refractivity contribution in [2.24, 2.45) is 0 Å². The minimum Gasteiger partial charge on any atom is -0.427 e. The topological polar surface area (TPSA) is 116 Å². The lowest BCUT2D eigenvalue weighted by Gasteiger charge is -2.10. The zero-order chi connectivity index (χ0) is 17.1. The molecule has 124 valence electrons. The second-order valence-corrected chi connectivity index (χ2v) is 5.50. The van der Waals surface area contributed by atoms with E-state index in [0.717, 1.165) is 5.56 Å². The smallest absolute Gasteiger partial charge is 0.302 e. The fraction of sp³-hybridized carbons (Fsp3) is 0.200. The highest BCUT2D eigenvalue weighted by Gasteiger charge is 2.17. The summed E-state index contributed by atoms with van der Waals surface area (Å²) in [6.07, 6.45) is 2.02. The zero-order valence-corrected chi connectivity index (χ0v) is 13.3. The molecule has 0 fully saturated rings. The summed E-state index contributed by atoms with van der Waals surface area (Å²) in [4.78, 5) is 23.2. The van der Waals surface area contributed by atoms with Crippen molar-refractivity contribution < 1.29 is 9.94 Å². The van der Waals surface area contributed by atoms with Crippen molar-refractivity contribution >= 4 is 17.5 Å². The molecule has 0 bridgehead atoms. The van der Waals surface area contributed by atoms with Crippen LogP contribution in [0.4, 0.5) is 5.95 Å². The van der Waals surface area contributed by atoms with Crippen LogP contribution in [0.5, 0.6) is 0 Å². The normalized spacial score (nSPS) is 11.0. The van der Waals surface area contributed by atoms with Crippen molar-refractivity contribution in [1.29, 1.82) is 0 Å². The predicted molar refractivity (Wildman–Crippen MR) is 87.1 cm³/mol. The molecule has 0 unspecified atom stereocenters. The van der Waals surface area contributed by atoms with Gasteiger partial charge in [0.25, 0.3) is 0 Å². The predicted octanol–water partition coefficient (Wildman–Crippen LogP) is 1.37. The Hall–Kier alpha value is -2.71. The lowest BCUT2D eigenvalue weighted by Crippen LogP contribution is -2.21. The molecule has 8 nitrogen and oxygen atoms in total. The standard InChI is InChI=1S/C15H14ClN5O3/c16-10-3-1-9(2-4-10)5-6-24-8-11-7-21(23)13-12(18-11)14(22)20-15(17)19-13/h1-4,7,23H,5-6,8H2,(H2,17,20,22). The number of hydrogen-bond acceptors (Lipinski definition) is 7. The summed E-state index contributed by atoms with van der Waals surface area (Å²) in [6, 6.07) is 7.48. The van der Waals surface area contributed by atoms with Crippen LogP contribution in [-0.4, -0.2) is 31.5 Å². The highest BCUT2D eigenvalue weighted by Crippen LogP contribution is 2.14. The molecule has 2 aliphatic heterocycles. The molecule has 1 aromatic rings. The first kappa shape index (κ1) is 16.2. The Morgan fingerprint density at radius 1 is 1.21 bits per heavy atom. The van der Waals surface area contributed by atoms with E-state index in [1.165, 1.54) is 6.20 Å². The number of rotatable bonds is 5. The molecule has 0 spiro atoms. The number of benzene rings is 1. The lowest BCUT2D eigenvalue weighted by molar-refractivity contribution is 0.117. The van der Waals surface area contributed by atoms with Gasteiger partial charge in [-0.05, 0) is 24.1 Å². The molecule has 0 aliphatic carbocycles. The fourth-order valence-electron chi connectivity index (χ4n) is 2.16. The van der Waals surface area contributed by atoms with Crippen LogP contribution < -0.4 is 11.3 Å². The number of ether oxygens (including phenoxy) is 1. The van der Waals surface area contributed by atoms with Crippen molar-refractivity contribution in [3.8, 4) is 11.5 Å². The molecule has 0 saturated heterocycles. The van der Waals surface area contributed by atoms with Gasteiger partial charge < -0.3 is 15.7 Å². The maximum absolute atomic E-state index is 11.8. The number of nitrogens with two attached hydrogens (primary N) is 1. The highest BCUT2D eigenvalue weighted by molar-refractivity contribution is 6.30. The minimum absolute atomic E-state index is 0.0441. The number of fused-ring (bicyclic) bond motifs is 1. The summed E-state index contributed by atoms with van der Waals surface area (Å²) in [7, 11) is 0. The Kier molecular flexibility index (Phi) is 4.59. The average Bonchev–Trinajstić information content (AvgIpc) is 2.54. The van der Waals surface area contributed by atoms with E-state index in [1.54, 1.807) is 0 Å². The third-order valence-electron chi connectivity index (χ3n) is 3.29. The van der Waals surface area contributed by atoms with E-state index in [0.29, 0.717) is 28.5 Å². The van der Waals surface area contributed by atoms with E-state index in [4.69, 9.17) is 22.1 Å². The Balaban J connectivity index is 1.66. The monoisotopic (exact) mass is 347 g/mol. The van der Waals surface area contributed by atoms with Gasteiger partial charge in [0.05, 0.1) is 25.1 Å². The number of hydrogen-bond donors (Lipinski definition) is 2. The second kappa shape index (κ2) is 6.81. The van der Waals surface area contributed by atoms with E-state index in [-0.39, 0.29) is 24.1 Å². The van der Waals surface area contributed by atoms with Crippen LogP contribution in [0.15, 0.2) is 35.3 Å². The maximum Gasteiger partial charge on any atom is 0.302 e. The molecule has 0 aromatic heterocycles. The molecular weight excluding hydrogens is 334 g/mol. The maximum atomic E-state index is 11.8. The molecular formula is C15H14ClN5O3. The Bertz CT molecular complexity index is 881. The molecule has 2 aliphatic rings. The lowest BCUT2D eigenvalue weighted by atomic mass is 10.2. The average molecular weight is 348 g/mol. The zero-order valence-electron chi connectivity index (χ0n) is 12.5. The number of aromatic nitrogens is 4. The van der Waals surface area contributed by atoms with Crippen LogP contribution in [-0.2, 0) is 17.8 Å². The first-order valence-electron chi connectivity index (χ1n) is 7.10. The second-order valence-electron chi connectivity index (χ2n) is 5.07. The molecule has 0 radical (unpaired) electrons. The van der Waals surface area contributed by atoms with Crippen LogP contribution in [0.1, 0.15) is 11.3 Å². The van der Waals surface area contributed by atoms with Gasteiger partial charge in [-0.1, -0.05) is 23.7 Å². The van der Waals surface area contributed by atoms with Gasteiger partial charge in [-0.2, -0.15) is 14.7 Å². The third kappa shape index (κ3) is 3.61. The number of nitrogen functional groups attached to an aromatic ring is 1. The van der Waals surface area contributed by atoms with Gasteiger partial charge in [0.15, 0.2) is 5.69 Å². The fourth-order valence-corrected chi connectivity index (χ4v) is 2.28. The molecule has 0 amide bonds. The largest absolute Gasteiger partial charge is 0.427 e. The molecule has 1 aromatic carbocycles. The SMILES string of the molecule is Nc1nc2n(O)cc(COCCc3ccc(Cl)cc3)nc-2c(=O)n1. The van der Waals surface area contributed by atoms with E-state index < -0.39 is 5.56 Å². The summed E-state index contributed by atoms with van der Waals surface area (Å²) in [5.41, 5.74) is 6.15. The molecule has 3 N–H and O–H groups in total. The molecule has 9 heteroatoms. The van der Waals surface area contributed by atoms with Gasteiger partial charge in [-0.15, -0.1) is 0 Å². The molecule has 0 atom stereocenters. The first-order valence-corrected chi connectivity index (χ1v) is 7.48. The number of nitrogens with zero attached hydrogens (tertiary/aromatic N) is 4. The van der Waals surface area contributed by atoms with Crippen LogP contribution in [0.3, 0.4) is 0 Å². The summed E-state index contributed by atoms with van der Waals surface area (Å²) in [6.45, 7) is 0.586. The van der Waals surface area contributed by atoms with E-state index in [9.17, 15) is 10.0 Å². The van der Waals surface area contributed by atoms with E-state index >= 15 is 0 Å². The van der Waals surface area contributed by atoms with Crippen molar-refractivity contribution in [3.63, 3.8) is 0 Å². The van der Waals surface area contributed by atoms with Gasteiger partial charge >= 0.3 is 5.56 Å². The van der Waals surface area contributed by atoms with Gasteiger partial charge in [-0.3, -0.25) is 4.79 Å². The van der Waals surface area contributed by atoms with E-state index in [1.807, 2.05) is 24.3 Å². The van der Waals surface area contributed by atoms with E-state index in [2.05, 4.69) is 15.0 Å². The number of halogens is 1. The molecule has 24 heavy (non-hydrogen) atoms. The summed E-state index contributed by atoms with van der Waals surface area (Å²) < 4.78 is 6.23. The highest BCUT2D eigenvalue weighted by atomic mass is 35.5. The Labute approximate surface area is 141 Å². The Morgan fingerprint density at radius 3 is 2.71 bits per heavy atom. The van der Waals surface area contributed by atoms with Gasteiger partial charge in [0.1, 0.15) is 0 Å². The van der Waals surface area contributed by atoms with Crippen molar-refractivity contribution in [2.75, 3.05) is 12.3 Å². The van der Waals surface area contributed by atoms with Crippen molar-refractivity contribution in [3.05, 3.63) is 57.1 Å². The van der Waals surface area contributed by atoms with Gasteiger partial charge in [0, 0.05) is 5.02 Å². The van der Waals surface area contributed by atoms with Crippen LogP contribution in [0.2, 0.25) is 5.02 Å². The Morgan fingerprint density at radius 2 is 1.96 bits per heavy atom. The number of anilines is 1. The van der Waals surface area contributed by atoms with Crippen molar-refractivity contribution in [1.82, 2.24) is 19.7 Å². The summed E-state index contributed by atoms with van der Waals surface area (Å²) in [5.74, 6) is -0.263.